The molecule has 4 heteroatoms. The monoisotopic (exact) mass is 277 g/mol. The van der Waals surface area contributed by atoms with Gasteiger partial charge in [-0.15, -0.1) is 0 Å². The van der Waals surface area contributed by atoms with Gasteiger partial charge < -0.3 is 14.8 Å². The molecule has 1 N–H and O–H groups in total. The van der Waals surface area contributed by atoms with Gasteiger partial charge in [0.1, 0.15) is 6.61 Å². The fourth-order valence-electron chi connectivity index (χ4n) is 2.10. The van der Waals surface area contributed by atoms with E-state index >= 15 is 0 Å². The maximum absolute atomic E-state index is 11.9. The molecule has 20 heavy (non-hydrogen) atoms. The van der Waals surface area contributed by atoms with Crippen molar-refractivity contribution in [1.82, 2.24) is 5.32 Å². The summed E-state index contributed by atoms with van der Waals surface area (Å²) in [5.41, 5.74) is 1.24. The third kappa shape index (κ3) is 4.32. The molecule has 0 saturated carbocycles. The van der Waals surface area contributed by atoms with Crippen LogP contribution in [-0.4, -0.2) is 32.3 Å². The molecule has 0 spiro atoms. The van der Waals surface area contributed by atoms with Crippen LogP contribution in [0.15, 0.2) is 30.3 Å². The first-order valence-electron chi connectivity index (χ1n) is 7.08. The van der Waals surface area contributed by atoms with Crippen LogP contribution in [0.1, 0.15) is 19.4 Å². The summed E-state index contributed by atoms with van der Waals surface area (Å²) in [5, 5.41) is 3.33. The number of ether oxygens (including phenoxy) is 2. The molecule has 4 nitrogen and oxygen atoms in total. The summed E-state index contributed by atoms with van der Waals surface area (Å²) >= 11 is 0. The van der Waals surface area contributed by atoms with E-state index in [9.17, 15) is 4.79 Å². The third-order valence-corrected chi connectivity index (χ3v) is 3.53. The average molecular weight is 277 g/mol. The van der Waals surface area contributed by atoms with Crippen molar-refractivity contribution in [3.63, 3.8) is 0 Å². The lowest BCUT2D eigenvalue weighted by Gasteiger charge is -2.38. The second-order valence-corrected chi connectivity index (χ2v) is 5.93. The molecule has 0 amide bonds. The molecular formula is C16H23NO3. The van der Waals surface area contributed by atoms with Gasteiger partial charge in [0.2, 0.25) is 0 Å². The molecule has 0 radical (unpaired) electrons. The summed E-state index contributed by atoms with van der Waals surface area (Å²) in [6, 6.07) is 9.73. The lowest BCUT2D eigenvalue weighted by Crippen LogP contribution is -2.48. The van der Waals surface area contributed by atoms with Crippen molar-refractivity contribution in [3.05, 3.63) is 35.9 Å². The average Bonchev–Trinajstić information content (AvgIpc) is 2.44. The van der Waals surface area contributed by atoms with Crippen LogP contribution in [0, 0.1) is 11.3 Å². The van der Waals surface area contributed by atoms with E-state index in [0.717, 1.165) is 25.3 Å². The maximum atomic E-state index is 11.9. The SMILES string of the molecule is CC(CNCC1(C)COC1)C(=O)OCc1ccccc1. The summed E-state index contributed by atoms with van der Waals surface area (Å²) < 4.78 is 10.5. The van der Waals surface area contributed by atoms with Gasteiger partial charge >= 0.3 is 5.97 Å². The van der Waals surface area contributed by atoms with Crippen molar-refractivity contribution in [3.8, 4) is 0 Å². The van der Waals surface area contributed by atoms with Crippen LogP contribution in [0.4, 0.5) is 0 Å². The van der Waals surface area contributed by atoms with Crippen LogP contribution in [0.3, 0.4) is 0 Å². The van der Waals surface area contributed by atoms with Gasteiger partial charge in [-0.2, -0.15) is 0 Å². The molecule has 1 fully saturated rings. The van der Waals surface area contributed by atoms with Gasteiger partial charge in [0, 0.05) is 18.5 Å². The molecule has 0 aromatic heterocycles. The lowest BCUT2D eigenvalue weighted by molar-refractivity contribution is -0.149. The highest BCUT2D eigenvalue weighted by atomic mass is 16.5. The highest BCUT2D eigenvalue weighted by molar-refractivity contribution is 5.72. The first-order chi connectivity index (χ1) is 9.59. The Bertz CT molecular complexity index is 429. The summed E-state index contributed by atoms with van der Waals surface area (Å²) in [7, 11) is 0. The fraction of sp³-hybridized carbons (Fsp3) is 0.562. The maximum Gasteiger partial charge on any atom is 0.310 e. The normalized spacial score (nSPS) is 18.1. The molecule has 2 rings (SSSR count). The van der Waals surface area contributed by atoms with Gasteiger partial charge in [0.05, 0.1) is 19.1 Å². The van der Waals surface area contributed by atoms with E-state index in [-0.39, 0.29) is 17.3 Å². The first kappa shape index (κ1) is 15.0. The molecule has 1 atom stereocenters. The smallest absolute Gasteiger partial charge is 0.310 e. The molecule has 1 aliphatic heterocycles. The number of hydrogen-bond acceptors (Lipinski definition) is 4. The van der Waals surface area contributed by atoms with Crippen molar-refractivity contribution >= 4 is 5.97 Å². The molecule has 1 unspecified atom stereocenters. The van der Waals surface area contributed by atoms with Gasteiger partial charge in [0.25, 0.3) is 0 Å². The molecule has 1 aromatic rings. The van der Waals surface area contributed by atoms with Gasteiger partial charge in [-0.05, 0) is 5.56 Å². The highest BCUT2D eigenvalue weighted by Crippen LogP contribution is 2.25. The number of esters is 1. The van der Waals surface area contributed by atoms with Crippen molar-refractivity contribution in [2.45, 2.75) is 20.5 Å². The number of nitrogens with one attached hydrogen (secondary N) is 1. The second-order valence-electron chi connectivity index (χ2n) is 5.93. The Morgan fingerprint density at radius 1 is 1.40 bits per heavy atom. The van der Waals surface area contributed by atoms with E-state index in [4.69, 9.17) is 9.47 Å². The van der Waals surface area contributed by atoms with E-state index in [1.807, 2.05) is 37.3 Å². The minimum atomic E-state index is -0.156. The number of hydrogen-bond donors (Lipinski definition) is 1. The fourth-order valence-corrected chi connectivity index (χ4v) is 2.10. The van der Waals surface area contributed by atoms with Crippen molar-refractivity contribution in [1.29, 1.82) is 0 Å². The Morgan fingerprint density at radius 3 is 2.70 bits per heavy atom. The minimum Gasteiger partial charge on any atom is -0.461 e. The minimum absolute atomic E-state index is 0.136. The summed E-state index contributed by atoms with van der Waals surface area (Å²) in [6.07, 6.45) is 0. The lowest BCUT2D eigenvalue weighted by atomic mass is 9.88. The number of benzene rings is 1. The predicted octanol–water partition coefficient (Wildman–Crippen LogP) is 1.99. The Morgan fingerprint density at radius 2 is 2.10 bits per heavy atom. The standard InChI is InChI=1S/C16H23NO3/c1-13(8-17-10-16(2)11-19-12-16)15(18)20-9-14-6-4-3-5-7-14/h3-7,13,17H,8-12H2,1-2H3. The van der Waals surface area contributed by atoms with Crippen LogP contribution in [-0.2, 0) is 20.9 Å². The molecule has 1 saturated heterocycles. The van der Waals surface area contributed by atoms with Gasteiger partial charge in [-0.3, -0.25) is 4.79 Å². The molecule has 1 heterocycles. The van der Waals surface area contributed by atoms with Crippen molar-refractivity contribution in [2.24, 2.45) is 11.3 Å². The molecular weight excluding hydrogens is 254 g/mol. The van der Waals surface area contributed by atoms with Crippen LogP contribution in [0.5, 0.6) is 0 Å². The van der Waals surface area contributed by atoms with E-state index in [0.29, 0.717) is 13.2 Å². The van der Waals surface area contributed by atoms with Gasteiger partial charge in [-0.1, -0.05) is 44.2 Å². The summed E-state index contributed by atoms with van der Waals surface area (Å²) in [4.78, 5) is 11.9. The number of carbonyl (C=O) groups excluding carboxylic acids is 1. The van der Waals surface area contributed by atoms with Crippen LogP contribution in [0.25, 0.3) is 0 Å². The van der Waals surface area contributed by atoms with Gasteiger partial charge in [-0.25, -0.2) is 0 Å². The van der Waals surface area contributed by atoms with E-state index in [1.54, 1.807) is 0 Å². The molecule has 1 aromatic carbocycles. The zero-order chi connectivity index (χ0) is 14.4. The topological polar surface area (TPSA) is 47.6 Å². The Labute approximate surface area is 120 Å². The molecule has 1 aliphatic rings. The summed E-state index contributed by atoms with van der Waals surface area (Å²) in [5.74, 6) is -0.292. The zero-order valence-electron chi connectivity index (χ0n) is 12.2. The van der Waals surface area contributed by atoms with E-state index < -0.39 is 0 Å². The van der Waals surface area contributed by atoms with Crippen molar-refractivity contribution < 1.29 is 14.3 Å². The summed E-state index contributed by atoms with van der Waals surface area (Å²) in [6.45, 7) is 7.53. The number of carbonyl (C=O) groups is 1. The quantitative estimate of drug-likeness (QED) is 0.774. The predicted molar refractivity (Wildman–Crippen MR) is 77.2 cm³/mol. The van der Waals surface area contributed by atoms with E-state index in [1.165, 1.54) is 0 Å². The number of rotatable bonds is 7. The van der Waals surface area contributed by atoms with Crippen molar-refractivity contribution in [2.75, 3.05) is 26.3 Å². The molecule has 110 valence electrons. The van der Waals surface area contributed by atoms with Gasteiger partial charge in [0.15, 0.2) is 0 Å². The van der Waals surface area contributed by atoms with Crippen LogP contribution in [0.2, 0.25) is 0 Å². The second kappa shape index (κ2) is 6.86. The zero-order valence-corrected chi connectivity index (χ0v) is 12.2. The Hall–Kier alpha value is -1.39. The van der Waals surface area contributed by atoms with Crippen LogP contribution >= 0.6 is 0 Å². The third-order valence-electron chi connectivity index (χ3n) is 3.53. The van der Waals surface area contributed by atoms with Crippen LogP contribution < -0.4 is 5.32 Å². The molecule has 0 bridgehead atoms. The largest absolute Gasteiger partial charge is 0.461 e. The Balaban J connectivity index is 1.64. The molecule has 0 aliphatic carbocycles. The highest BCUT2D eigenvalue weighted by Gasteiger charge is 2.32. The Kier molecular flexibility index (Phi) is 5.15. The van der Waals surface area contributed by atoms with E-state index in [2.05, 4.69) is 12.2 Å². The first-order valence-corrected chi connectivity index (χ1v) is 7.08.